The second-order valence-corrected chi connectivity index (χ2v) is 10.8. The Morgan fingerprint density at radius 1 is 0.872 bits per heavy atom. The topological polar surface area (TPSA) is 354 Å². The lowest BCUT2D eigenvalue weighted by Crippen LogP contribution is -2.62. The Kier molecular flexibility index (Phi) is 17.0. The third-order valence-electron chi connectivity index (χ3n) is 7.02. The Labute approximate surface area is 270 Å². The van der Waals surface area contributed by atoms with E-state index in [-0.39, 0.29) is 31.9 Å². The fourth-order valence-corrected chi connectivity index (χ4v) is 4.36. The van der Waals surface area contributed by atoms with Crippen molar-refractivity contribution < 1.29 is 54.0 Å². The van der Waals surface area contributed by atoms with Crippen molar-refractivity contribution in [2.24, 2.45) is 22.2 Å². The fraction of sp³-hybridized carbons (Fsp3) is 0.692. The van der Waals surface area contributed by atoms with Crippen LogP contribution < -0.4 is 43.8 Å². The molecule has 0 saturated carbocycles. The maximum atomic E-state index is 12.9. The molecule has 47 heavy (non-hydrogen) atoms. The third-order valence-corrected chi connectivity index (χ3v) is 7.02. The van der Waals surface area contributed by atoms with Crippen LogP contribution in [0.5, 0.6) is 0 Å². The van der Waals surface area contributed by atoms with Gasteiger partial charge in [0.1, 0.15) is 30.2 Å². The molecule has 0 aromatic heterocycles. The monoisotopic (exact) mass is 674 g/mol. The smallest absolute Gasteiger partial charge is 0.326 e. The first-order chi connectivity index (χ1) is 22.0. The van der Waals surface area contributed by atoms with Gasteiger partial charge in [-0.15, -0.1) is 0 Å². The first-order valence-electron chi connectivity index (χ1n) is 14.8. The van der Waals surface area contributed by atoms with Gasteiger partial charge in [0.25, 0.3) is 0 Å². The molecule has 21 heteroatoms. The minimum Gasteiger partial charge on any atom is -0.480 e. The van der Waals surface area contributed by atoms with E-state index in [1.54, 1.807) is 0 Å². The second kappa shape index (κ2) is 19.8. The van der Waals surface area contributed by atoms with Crippen molar-refractivity contribution in [1.82, 2.24) is 31.5 Å². The Balaban J connectivity index is 2.72. The number of aliphatic hydroxyl groups is 3. The molecule has 1 fully saturated rings. The number of aliphatic hydroxyl groups excluding tert-OH is 3. The zero-order chi connectivity index (χ0) is 35.8. The number of carbonyl (C=O) groups excluding carboxylic acids is 6. The summed E-state index contributed by atoms with van der Waals surface area (Å²) < 4.78 is 0. The van der Waals surface area contributed by atoms with Gasteiger partial charge in [0.2, 0.25) is 35.4 Å². The van der Waals surface area contributed by atoms with Gasteiger partial charge in [-0.2, -0.15) is 0 Å². The van der Waals surface area contributed by atoms with E-state index >= 15 is 0 Å². The van der Waals surface area contributed by atoms with Crippen LogP contribution in [0.25, 0.3) is 0 Å². The van der Waals surface area contributed by atoms with Crippen molar-refractivity contribution in [1.29, 1.82) is 0 Å². The van der Waals surface area contributed by atoms with E-state index in [2.05, 4.69) is 31.6 Å². The maximum Gasteiger partial charge on any atom is 0.326 e. The van der Waals surface area contributed by atoms with Crippen LogP contribution in [0.1, 0.15) is 39.5 Å². The molecular formula is C26H46N10O11. The lowest BCUT2D eigenvalue weighted by Gasteiger charge is -2.26. The van der Waals surface area contributed by atoms with Crippen LogP contribution in [0.2, 0.25) is 0 Å². The average molecular weight is 675 g/mol. The number of nitrogens with zero attached hydrogens (tertiary/aromatic N) is 2. The van der Waals surface area contributed by atoms with Crippen molar-refractivity contribution in [3.63, 3.8) is 0 Å². The van der Waals surface area contributed by atoms with E-state index in [4.69, 9.17) is 17.2 Å². The van der Waals surface area contributed by atoms with Gasteiger partial charge < -0.3 is 69.1 Å². The number of carboxylic acids is 1. The van der Waals surface area contributed by atoms with Crippen LogP contribution in [-0.4, -0.2) is 148 Å². The molecule has 0 aliphatic carbocycles. The van der Waals surface area contributed by atoms with Gasteiger partial charge in [-0.1, -0.05) is 0 Å². The average Bonchev–Trinajstić information content (AvgIpc) is 3.51. The normalized spacial score (nSPS) is 17.9. The molecule has 7 atom stereocenters. The lowest BCUT2D eigenvalue weighted by atomic mass is 10.1. The number of nitrogens with one attached hydrogen (secondary N) is 5. The molecule has 0 spiro atoms. The van der Waals surface area contributed by atoms with E-state index in [1.165, 1.54) is 6.92 Å². The summed E-state index contributed by atoms with van der Waals surface area (Å²) in [5, 5.41) is 49.7. The molecule has 1 aliphatic heterocycles. The molecule has 21 nitrogen and oxygen atoms in total. The van der Waals surface area contributed by atoms with Crippen molar-refractivity contribution in [3.8, 4) is 0 Å². The Bertz CT molecular complexity index is 1160. The molecule has 1 rings (SSSR count). The van der Waals surface area contributed by atoms with Crippen molar-refractivity contribution in [2.75, 3.05) is 32.8 Å². The number of rotatable bonds is 19. The summed E-state index contributed by atoms with van der Waals surface area (Å²) in [7, 11) is 0. The van der Waals surface area contributed by atoms with Gasteiger partial charge in [0.05, 0.1) is 31.9 Å². The molecule has 0 aromatic rings. The predicted molar refractivity (Wildman–Crippen MR) is 163 cm³/mol. The fourth-order valence-electron chi connectivity index (χ4n) is 4.36. The molecule has 6 amide bonds. The van der Waals surface area contributed by atoms with E-state index in [1.807, 2.05) is 0 Å². The zero-order valence-corrected chi connectivity index (χ0v) is 26.2. The zero-order valence-electron chi connectivity index (χ0n) is 26.2. The largest absolute Gasteiger partial charge is 0.480 e. The van der Waals surface area contributed by atoms with Crippen LogP contribution in [0.3, 0.4) is 0 Å². The summed E-state index contributed by atoms with van der Waals surface area (Å²) in [6.07, 6.45) is -0.313. The maximum absolute atomic E-state index is 12.9. The van der Waals surface area contributed by atoms with Gasteiger partial charge in [-0.3, -0.25) is 33.8 Å². The van der Waals surface area contributed by atoms with Gasteiger partial charge in [-0.25, -0.2) is 4.79 Å². The lowest BCUT2D eigenvalue weighted by molar-refractivity contribution is -0.148. The van der Waals surface area contributed by atoms with Crippen LogP contribution in [0.4, 0.5) is 0 Å². The highest BCUT2D eigenvalue weighted by Gasteiger charge is 2.35. The number of aliphatic imine (C=N–C) groups is 1. The predicted octanol–water partition coefficient (Wildman–Crippen LogP) is -7.12. The highest BCUT2D eigenvalue weighted by molar-refractivity contribution is 5.96. The number of carboxylic acid groups (broad SMARTS) is 1. The van der Waals surface area contributed by atoms with Gasteiger partial charge in [0.15, 0.2) is 5.96 Å². The number of likely N-dealkylation sites (tertiary alicyclic amines) is 1. The summed E-state index contributed by atoms with van der Waals surface area (Å²) in [4.78, 5) is 91.7. The van der Waals surface area contributed by atoms with Gasteiger partial charge >= 0.3 is 5.97 Å². The minimum absolute atomic E-state index is 0.135. The summed E-state index contributed by atoms with van der Waals surface area (Å²) in [5.41, 5.74) is 16.2. The van der Waals surface area contributed by atoms with Crippen molar-refractivity contribution >= 4 is 47.4 Å². The number of hydrogen-bond acceptors (Lipinski definition) is 12. The number of hydrogen-bond donors (Lipinski definition) is 12. The molecule has 1 heterocycles. The molecule has 0 bridgehead atoms. The van der Waals surface area contributed by atoms with Crippen LogP contribution in [-0.2, 0) is 33.6 Å². The third kappa shape index (κ3) is 13.3. The minimum atomic E-state index is -1.73. The second-order valence-electron chi connectivity index (χ2n) is 10.8. The Hall–Kier alpha value is -4.60. The van der Waals surface area contributed by atoms with Gasteiger partial charge in [0, 0.05) is 13.1 Å². The number of amides is 6. The van der Waals surface area contributed by atoms with E-state index < -0.39 is 104 Å². The van der Waals surface area contributed by atoms with E-state index in [0.717, 1.165) is 11.8 Å². The molecule has 1 saturated heterocycles. The summed E-state index contributed by atoms with van der Waals surface area (Å²) in [6, 6.07) is -8.33. The molecule has 15 N–H and O–H groups in total. The number of guanidine groups is 1. The van der Waals surface area contributed by atoms with Crippen LogP contribution >= 0.6 is 0 Å². The summed E-state index contributed by atoms with van der Waals surface area (Å²) in [5.74, 6) is -6.80. The molecule has 1 aliphatic rings. The van der Waals surface area contributed by atoms with Crippen LogP contribution in [0, 0.1) is 0 Å². The van der Waals surface area contributed by atoms with Crippen LogP contribution in [0.15, 0.2) is 4.99 Å². The molecule has 0 aromatic carbocycles. The number of carbonyl (C=O) groups is 7. The molecule has 0 radical (unpaired) electrons. The van der Waals surface area contributed by atoms with E-state index in [9.17, 15) is 54.0 Å². The standard InChI is InChI=1S/C26H46N10O11/c1-12(20(41)31-9-18(40)36-8-4-6-17(36)25(46)47)32-22(43)15(10-37)34-24(45)19(13(2)39)35-23(44)16(11-38)33-21(42)14(27)5-3-7-30-26(28)29/h12-17,19,37-39H,3-11,27H2,1-2H3,(H,31,41)(H,32,43)(H,33,42)(H,34,45)(H,35,44)(H,46,47)(H4,28,29,30)/t12-,13+,14-,15-,16-,17-,19-/m0/s1. The van der Waals surface area contributed by atoms with E-state index in [0.29, 0.717) is 12.8 Å². The summed E-state index contributed by atoms with van der Waals surface area (Å²) >= 11 is 0. The number of nitrogens with two attached hydrogens (primary N) is 3. The quantitative estimate of drug-likeness (QED) is 0.0344. The Morgan fingerprint density at radius 3 is 1.98 bits per heavy atom. The highest BCUT2D eigenvalue weighted by Crippen LogP contribution is 2.17. The first kappa shape index (κ1) is 40.4. The highest BCUT2D eigenvalue weighted by atomic mass is 16.4. The van der Waals surface area contributed by atoms with Crippen molar-refractivity contribution in [3.05, 3.63) is 0 Å². The van der Waals surface area contributed by atoms with Gasteiger partial charge in [-0.05, 0) is 39.5 Å². The number of aliphatic carboxylic acids is 1. The Morgan fingerprint density at radius 2 is 1.45 bits per heavy atom. The van der Waals surface area contributed by atoms with Crippen molar-refractivity contribution in [2.45, 2.75) is 81.9 Å². The molecule has 0 unspecified atom stereocenters. The molecular weight excluding hydrogens is 628 g/mol. The molecule has 266 valence electrons. The summed E-state index contributed by atoms with van der Waals surface area (Å²) in [6.45, 7) is 0.405. The first-order valence-corrected chi connectivity index (χ1v) is 14.8. The SMILES string of the molecule is C[C@H](NC(=O)[C@H](CO)NC(=O)[C@@H](NC(=O)[C@H](CO)NC(=O)[C@@H](N)CCCN=C(N)N)[C@@H](C)O)C(=O)NCC(=O)N1CCC[C@H]1C(=O)O.